The second kappa shape index (κ2) is 4.79. The van der Waals surface area contributed by atoms with Crippen LogP contribution in [-0.2, 0) is 9.59 Å². The number of para-hydroxylation sites is 1. The molecule has 0 saturated heterocycles. The predicted octanol–water partition coefficient (Wildman–Crippen LogP) is 2.29. The molecule has 2 rings (SSSR count). The highest BCUT2D eigenvalue weighted by atomic mass is 16.4. The van der Waals surface area contributed by atoms with Crippen LogP contribution >= 0.6 is 0 Å². The van der Waals surface area contributed by atoms with Gasteiger partial charge in [0.15, 0.2) is 5.78 Å². The van der Waals surface area contributed by atoms with Gasteiger partial charge in [0, 0.05) is 17.1 Å². The van der Waals surface area contributed by atoms with Crippen molar-refractivity contribution in [2.24, 2.45) is 0 Å². The average molecular weight is 241 g/mol. The minimum atomic E-state index is -1.23. The van der Waals surface area contributed by atoms with Crippen LogP contribution in [-0.4, -0.2) is 21.8 Å². The van der Waals surface area contributed by atoms with Gasteiger partial charge < -0.3 is 5.11 Å². The summed E-state index contributed by atoms with van der Waals surface area (Å²) in [5.41, 5.74) is 1.06. The summed E-state index contributed by atoms with van der Waals surface area (Å²) in [6.07, 6.45) is 2.99. The predicted molar refractivity (Wildman–Crippen MR) is 68.0 cm³/mol. The van der Waals surface area contributed by atoms with Crippen LogP contribution in [0.1, 0.15) is 12.5 Å². The number of carboxylic acid groups (broad SMARTS) is 1. The largest absolute Gasteiger partial charge is 0.478 e. The maximum Gasteiger partial charge on any atom is 0.339 e. The smallest absolute Gasteiger partial charge is 0.339 e. The standard InChI is InChI=1S/C14H11NO3/c1-9(16)12(14(17)18)8-11-5-2-4-10-6-3-7-15-13(10)11/h2-8H,1H3,(H,17,18). The number of aromatic nitrogens is 1. The van der Waals surface area contributed by atoms with Gasteiger partial charge in [0.25, 0.3) is 0 Å². The second-order valence-electron chi connectivity index (χ2n) is 3.84. The van der Waals surface area contributed by atoms with Gasteiger partial charge in [-0.25, -0.2) is 4.79 Å². The van der Waals surface area contributed by atoms with Crippen molar-refractivity contribution >= 4 is 28.7 Å². The van der Waals surface area contributed by atoms with Crippen molar-refractivity contribution < 1.29 is 14.7 Å². The van der Waals surface area contributed by atoms with Crippen molar-refractivity contribution in [1.29, 1.82) is 0 Å². The van der Waals surface area contributed by atoms with Crippen molar-refractivity contribution in [1.82, 2.24) is 4.98 Å². The van der Waals surface area contributed by atoms with Crippen molar-refractivity contribution in [2.45, 2.75) is 6.92 Å². The zero-order valence-corrected chi connectivity index (χ0v) is 9.75. The van der Waals surface area contributed by atoms with E-state index < -0.39 is 11.8 Å². The Hall–Kier alpha value is -2.49. The fourth-order valence-electron chi connectivity index (χ4n) is 1.71. The molecule has 0 amide bonds. The number of nitrogens with zero attached hydrogens (tertiary/aromatic N) is 1. The molecule has 0 unspecified atom stereocenters. The van der Waals surface area contributed by atoms with Crippen molar-refractivity contribution in [3.63, 3.8) is 0 Å². The lowest BCUT2D eigenvalue weighted by Gasteiger charge is -2.02. The summed E-state index contributed by atoms with van der Waals surface area (Å²) in [5.74, 6) is -1.70. The van der Waals surface area contributed by atoms with Crippen molar-refractivity contribution in [2.75, 3.05) is 0 Å². The molecular formula is C14H11NO3. The average Bonchev–Trinajstić information content (AvgIpc) is 2.35. The van der Waals surface area contributed by atoms with Gasteiger partial charge in [-0.2, -0.15) is 0 Å². The van der Waals surface area contributed by atoms with E-state index in [4.69, 9.17) is 5.11 Å². The van der Waals surface area contributed by atoms with Crippen molar-refractivity contribution in [3.05, 3.63) is 47.7 Å². The summed E-state index contributed by atoms with van der Waals surface area (Å²) < 4.78 is 0. The van der Waals surface area contributed by atoms with E-state index in [0.29, 0.717) is 11.1 Å². The van der Waals surface area contributed by atoms with Gasteiger partial charge in [-0.1, -0.05) is 24.3 Å². The van der Waals surface area contributed by atoms with E-state index in [9.17, 15) is 9.59 Å². The maximum absolute atomic E-state index is 11.3. The van der Waals surface area contributed by atoms with Gasteiger partial charge in [-0.05, 0) is 19.1 Å². The third kappa shape index (κ3) is 2.27. The quantitative estimate of drug-likeness (QED) is 0.508. The van der Waals surface area contributed by atoms with E-state index in [2.05, 4.69) is 4.98 Å². The van der Waals surface area contributed by atoms with Gasteiger partial charge in [0.2, 0.25) is 0 Å². The summed E-state index contributed by atoms with van der Waals surface area (Å²) in [7, 11) is 0. The van der Waals surface area contributed by atoms with Crippen molar-refractivity contribution in [3.8, 4) is 0 Å². The molecular weight excluding hydrogens is 230 g/mol. The number of fused-ring (bicyclic) bond motifs is 1. The van der Waals surface area contributed by atoms with E-state index in [1.165, 1.54) is 13.0 Å². The number of carbonyl (C=O) groups excluding carboxylic acids is 1. The van der Waals surface area contributed by atoms with Gasteiger partial charge in [-0.15, -0.1) is 0 Å². The van der Waals surface area contributed by atoms with Gasteiger partial charge in [0.05, 0.1) is 5.52 Å². The molecule has 0 aliphatic carbocycles. The topological polar surface area (TPSA) is 67.3 Å². The molecule has 1 aromatic heterocycles. The van der Waals surface area contributed by atoms with Gasteiger partial charge >= 0.3 is 5.97 Å². The summed E-state index contributed by atoms with van der Waals surface area (Å²) in [4.78, 5) is 26.4. The van der Waals surface area contributed by atoms with E-state index in [1.807, 2.05) is 12.1 Å². The lowest BCUT2D eigenvalue weighted by molar-refractivity contribution is -0.134. The zero-order valence-electron chi connectivity index (χ0n) is 9.75. The molecule has 1 heterocycles. The van der Waals surface area contributed by atoms with Crippen LogP contribution < -0.4 is 0 Å². The molecule has 2 aromatic rings. The molecule has 0 saturated carbocycles. The number of rotatable bonds is 3. The number of hydrogen-bond donors (Lipinski definition) is 1. The highest BCUT2D eigenvalue weighted by Crippen LogP contribution is 2.18. The first kappa shape index (κ1) is 12.0. The van der Waals surface area contributed by atoms with Gasteiger partial charge in [0.1, 0.15) is 5.57 Å². The molecule has 90 valence electrons. The Kier molecular flexibility index (Phi) is 3.19. The molecule has 1 N–H and O–H groups in total. The minimum Gasteiger partial charge on any atom is -0.478 e. The number of benzene rings is 1. The molecule has 0 fully saturated rings. The summed E-state index contributed by atoms with van der Waals surface area (Å²) in [5, 5.41) is 9.87. The third-order valence-corrected chi connectivity index (χ3v) is 2.57. The number of carbonyl (C=O) groups is 2. The van der Waals surface area contributed by atoms with Crippen LogP contribution in [0.4, 0.5) is 0 Å². The molecule has 0 atom stereocenters. The number of pyridine rings is 1. The first-order valence-electron chi connectivity index (χ1n) is 5.39. The highest BCUT2D eigenvalue weighted by Gasteiger charge is 2.13. The Morgan fingerprint density at radius 3 is 2.61 bits per heavy atom. The van der Waals surface area contributed by atoms with E-state index in [0.717, 1.165) is 5.39 Å². The molecule has 0 aliphatic rings. The minimum absolute atomic E-state index is 0.242. The SMILES string of the molecule is CC(=O)C(=Cc1cccc2cccnc12)C(=O)O. The Bertz CT molecular complexity index is 638. The molecule has 0 spiro atoms. The molecule has 0 aliphatic heterocycles. The molecule has 0 radical (unpaired) electrons. The second-order valence-corrected chi connectivity index (χ2v) is 3.84. The molecule has 18 heavy (non-hydrogen) atoms. The third-order valence-electron chi connectivity index (χ3n) is 2.57. The zero-order chi connectivity index (χ0) is 13.1. The lowest BCUT2D eigenvalue weighted by atomic mass is 10.0. The molecule has 4 heteroatoms. The number of carboxylic acids is 1. The molecule has 1 aromatic carbocycles. The van der Waals surface area contributed by atoms with Gasteiger partial charge in [-0.3, -0.25) is 9.78 Å². The van der Waals surface area contributed by atoms with E-state index >= 15 is 0 Å². The van der Waals surface area contributed by atoms with Crippen LogP contribution in [0.15, 0.2) is 42.1 Å². The number of hydrogen-bond acceptors (Lipinski definition) is 3. The Morgan fingerprint density at radius 2 is 1.94 bits per heavy atom. The summed E-state index contributed by atoms with van der Waals surface area (Å²) in [6.45, 7) is 1.23. The number of aliphatic carboxylic acids is 1. The maximum atomic E-state index is 11.3. The molecule has 0 bridgehead atoms. The van der Waals surface area contributed by atoms with Crippen LogP contribution in [0.3, 0.4) is 0 Å². The monoisotopic (exact) mass is 241 g/mol. The highest BCUT2D eigenvalue weighted by molar-refractivity contribution is 6.19. The van der Waals surface area contributed by atoms with Crippen LogP contribution in [0.2, 0.25) is 0 Å². The number of ketones is 1. The van der Waals surface area contributed by atoms with E-state index in [1.54, 1.807) is 24.4 Å². The van der Waals surface area contributed by atoms with Crippen LogP contribution in [0.5, 0.6) is 0 Å². The Morgan fingerprint density at radius 1 is 1.22 bits per heavy atom. The lowest BCUT2D eigenvalue weighted by Crippen LogP contribution is -2.08. The first-order valence-corrected chi connectivity index (χ1v) is 5.39. The fraction of sp³-hybridized carbons (Fsp3) is 0.0714. The first-order chi connectivity index (χ1) is 8.59. The number of Topliss-reactive ketones (excluding diaryl/α,β-unsaturated/α-hetero) is 1. The Labute approximate surface area is 104 Å². The normalized spacial score (nSPS) is 11.5. The Balaban J connectivity index is 2.64. The fourth-order valence-corrected chi connectivity index (χ4v) is 1.71. The summed E-state index contributed by atoms with van der Waals surface area (Å²) in [6, 6.07) is 9.11. The molecule has 4 nitrogen and oxygen atoms in total. The van der Waals surface area contributed by atoms with Crippen LogP contribution in [0.25, 0.3) is 17.0 Å². The van der Waals surface area contributed by atoms with E-state index in [-0.39, 0.29) is 5.57 Å². The summed E-state index contributed by atoms with van der Waals surface area (Å²) >= 11 is 0. The van der Waals surface area contributed by atoms with Crippen LogP contribution in [0, 0.1) is 0 Å².